The van der Waals surface area contributed by atoms with E-state index in [1.54, 1.807) is 0 Å². The Labute approximate surface area is 98.1 Å². The first-order chi connectivity index (χ1) is 7.65. The number of nitrogens with one attached hydrogen (secondary N) is 1. The van der Waals surface area contributed by atoms with Gasteiger partial charge in [0, 0.05) is 25.8 Å². The zero-order valence-corrected chi connectivity index (χ0v) is 10.7. The normalized spacial score (nSPS) is 10.8. The van der Waals surface area contributed by atoms with E-state index in [1.165, 1.54) is 0 Å². The average molecular weight is 222 g/mol. The van der Waals surface area contributed by atoms with Crippen molar-refractivity contribution in [2.24, 2.45) is 0 Å². The fourth-order valence-corrected chi connectivity index (χ4v) is 1.31. The lowest BCUT2D eigenvalue weighted by molar-refractivity contribution is 0.658. The van der Waals surface area contributed by atoms with E-state index in [9.17, 15) is 0 Å². The Morgan fingerprint density at radius 3 is 2.75 bits per heavy atom. The van der Waals surface area contributed by atoms with Crippen LogP contribution in [0.4, 0.5) is 5.82 Å². The van der Waals surface area contributed by atoms with Crippen molar-refractivity contribution in [2.75, 3.05) is 18.5 Å². The Morgan fingerprint density at radius 2 is 2.12 bits per heavy atom. The molecular weight excluding hydrogens is 200 g/mol. The molecule has 0 aliphatic heterocycles. The number of hydrogen-bond acceptors (Lipinski definition) is 4. The minimum atomic E-state index is 0.438. The Hall–Kier alpha value is -1.16. The van der Waals surface area contributed by atoms with Crippen LogP contribution < -0.4 is 10.2 Å². The number of aromatic nitrogens is 2. The summed E-state index contributed by atoms with van der Waals surface area (Å²) in [5, 5.41) is 3.33. The molecule has 0 aliphatic carbocycles. The molecule has 0 saturated carbocycles. The summed E-state index contributed by atoms with van der Waals surface area (Å²) >= 11 is 0. The number of hydrogen-bond donors (Lipinski definition) is 1. The fraction of sp³-hybridized carbons (Fsp3) is 0.667. The van der Waals surface area contributed by atoms with Gasteiger partial charge in [-0.15, -0.1) is 0 Å². The molecule has 1 rings (SSSR count). The van der Waals surface area contributed by atoms with Crippen LogP contribution in [0.15, 0.2) is 12.4 Å². The van der Waals surface area contributed by atoms with Crippen LogP contribution >= 0.6 is 0 Å². The summed E-state index contributed by atoms with van der Waals surface area (Å²) in [7, 11) is 2.04. The van der Waals surface area contributed by atoms with Gasteiger partial charge in [0.2, 0.25) is 0 Å². The molecule has 0 radical (unpaired) electrons. The molecule has 4 heteroatoms. The Bertz CT molecular complexity index is 312. The topological polar surface area (TPSA) is 41.1 Å². The quantitative estimate of drug-likeness (QED) is 0.745. The molecule has 0 atom stereocenters. The maximum atomic E-state index is 4.57. The van der Waals surface area contributed by atoms with Crippen LogP contribution in [0.25, 0.3) is 0 Å². The van der Waals surface area contributed by atoms with Gasteiger partial charge in [0.15, 0.2) is 0 Å². The molecule has 0 fully saturated rings. The molecule has 4 nitrogen and oxygen atoms in total. The van der Waals surface area contributed by atoms with Crippen molar-refractivity contribution in [3.63, 3.8) is 0 Å². The highest BCUT2D eigenvalue weighted by atomic mass is 15.2. The second-order valence-electron chi connectivity index (χ2n) is 4.25. The molecular formula is C12H22N4. The maximum Gasteiger partial charge on any atom is 0.147 e. The van der Waals surface area contributed by atoms with Crippen LogP contribution in [0.1, 0.15) is 32.9 Å². The summed E-state index contributed by atoms with van der Waals surface area (Å²) in [5.74, 6) is 0.936. The van der Waals surface area contributed by atoms with Gasteiger partial charge in [-0.2, -0.15) is 0 Å². The number of rotatable bonds is 6. The van der Waals surface area contributed by atoms with Crippen LogP contribution in [0, 0.1) is 0 Å². The number of anilines is 1. The van der Waals surface area contributed by atoms with Gasteiger partial charge in [-0.25, -0.2) is 4.98 Å². The van der Waals surface area contributed by atoms with Crippen molar-refractivity contribution in [1.82, 2.24) is 15.3 Å². The van der Waals surface area contributed by atoms with Crippen molar-refractivity contribution in [3.05, 3.63) is 18.1 Å². The molecule has 90 valence electrons. The monoisotopic (exact) mass is 222 g/mol. The molecule has 0 unspecified atom stereocenters. The predicted molar refractivity (Wildman–Crippen MR) is 67.6 cm³/mol. The van der Waals surface area contributed by atoms with Gasteiger partial charge < -0.3 is 10.2 Å². The molecule has 0 bridgehead atoms. The lowest BCUT2D eigenvalue weighted by Crippen LogP contribution is -2.27. The van der Waals surface area contributed by atoms with Gasteiger partial charge in [-0.3, -0.25) is 4.98 Å². The first-order valence-electron chi connectivity index (χ1n) is 5.89. The van der Waals surface area contributed by atoms with Crippen LogP contribution in [-0.4, -0.2) is 29.6 Å². The molecule has 0 aliphatic rings. The summed E-state index contributed by atoms with van der Waals surface area (Å²) in [6, 6.07) is 0.438. The van der Waals surface area contributed by atoms with E-state index in [0.717, 1.165) is 31.0 Å². The Balaban J connectivity index is 2.63. The minimum absolute atomic E-state index is 0.438. The minimum Gasteiger partial charge on any atom is -0.356 e. The lowest BCUT2D eigenvalue weighted by Gasteiger charge is -2.22. The van der Waals surface area contributed by atoms with Gasteiger partial charge in [-0.05, 0) is 26.8 Å². The third-order valence-corrected chi connectivity index (χ3v) is 2.54. The maximum absolute atomic E-state index is 4.57. The van der Waals surface area contributed by atoms with Gasteiger partial charge in [0.05, 0.1) is 11.9 Å². The van der Waals surface area contributed by atoms with Crippen LogP contribution in [0.5, 0.6) is 0 Å². The third-order valence-electron chi connectivity index (χ3n) is 2.54. The summed E-state index contributed by atoms with van der Waals surface area (Å²) in [6.07, 6.45) is 4.77. The molecule has 16 heavy (non-hydrogen) atoms. The van der Waals surface area contributed by atoms with Crippen LogP contribution in [0.2, 0.25) is 0 Å². The molecule has 1 heterocycles. The second-order valence-corrected chi connectivity index (χ2v) is 4.25. The summed E-state index contributed by atoms with van der Waals surface area (Å²) in [6.45, 7) is 8.25. The molecule has 0 spiro atoms. The first-order valence-corrected chi connectivity index (χ1v) is 5.89. The third kappa shape index (κ3) is 3.77. The van der Waals surface area contributed by atoms with E-state index in [2.05, 4.69) is 41.0 Å². The second kappa shape index (κ2) is 6.43. The standard InChI is InChI=1S/C12H22N4/c1-5-6-13-7-11-8-14-9-12(15-11)16(4)10(2)3/h8-10,13H,5-7H2,1-4H3. The van der Waals surface area contributed by atoms with E-state index in [0.29, 0.717) is 6.04 Å². The molecule has 1 N–H and O–H groups in total. The highest BCUT2D eigenvalue weighted by Gasteiger charge is 2.07. The van der Waals surface area contributed by atoms with E-state index < -0.39 is 0 Å². The zero-order valence-electron chi connectivity index (χ0n) is 10.7. The summed E-state index contributed by atoms with van der Waals surface area (Å²) in [5.41, 5.74) is 0.999. The first kappa shape index (κ1) is 12.9. The van der Waals surface area contributed by atoms with Crippen molar-refractivity contribution in [1.29, 1.82) is 0 Å². The van der Waals surface area contributed by atoms with Crippen molar-refractivity contribution in [3.8, 4) is 0 Å². The molecule has 1 aromatic rings. The summed E-state index contributed by atoms with van der Waals surface area (Å²) in [4.78, 5) is 10.9. The SMILES string of the molecule is CCCNCc1cncc(N(C)C(C)C)n1. The average Bonchev–Trinajstić information content (AvgIpc) is 2.29. The van der Waals surface area contributed by atoms with Crippen molar-refractivity contribution >= 4 is 5.82 Å². The van der Waals surface area contributed by atoms with E-state index in [1.807, 2.05) is 19.4 Å². The van der Waals surface area contributed by atoms with E-state index in [4.69, 9.17) is 0 Å². The Kier molecular flexibility index (Phi) is 5.19. The zero-order chi connectivity index (χ0) is 12.0. The van der Waals surface area contributed by atoms with Gasteiger partial charge in [0.25, 0.3) is 0 Å². The summed E-state index contributed by atoms with van der Waals surface area (Å²) < 4.78 is 0. The molecule has 1 aromatic heterocycles. The lowest BCUT2D eigenvalue weighted by atomic mass is 10.3. The van der Waals surface area contributed by atoms with Crippen molar-refractivity contribution < 1.29 is 0 Å². The predicted octanol–water partition coefficient (Wildman–Crippen LogP) is 1.82. The van der Waals surface area contributed by atoms with Gasteiger partial charge in [-0.1, -0.05) is 6.92 Å². The van der Waals surface area contributed by atoms with Gasteiger partial charge in [0.1, 0.15) is 5.82 Å². The number of nitrogens with zero attached hydrogens (tertiary/aromatic N) is 3. The highest BCUT2D eigenvalue weighted by molar-refractivity contribution is 5.35. The van der Waals surface area contributed by atoms with Crippen LogP contribution in [0.3, 0.4) is 0 Å². The largest absolute Gasteiger partial charge is 0.356 e. The fourth-order valence-electron chi connectivity index (χ4n) is 1.31. The Morgan fingerprint density at radius 1 is 1.38 bits per heavy atom. The van der Waals surface area contributed by atoms with Crippen molar-refractivity contribution in [2.45, 2.75) is 39.8 Å². The van der Waals surface area contributed by atoms with Crippen LogP contribution in [-0.2, 0) is 6.54 Å². The highest BCUT2D eigenvalue weighted by Crippen LogP contribution is 2.10. The smallest absolute Gasteiger partial charge is 0.147 e. The molecule has 0 amide bonds. The van der Waals surface area contributed by atoms with E-state index in [-0.39, 0.29) is 0 Å². The molecule has 0 saturated heterocycles. The molecule has 0 aromatic carbocycles. The van der Waals surface area contributed by atoms with E-state index >= 15 is 0 Å². The van der Waals surface area contributed by atoms with Gasteiger partial charge >= 0.3 is 0 Å².